The minimum atomic E-state index is -1.22. The second-order valence-electron chi connectivity index (χ2n) is 4.26. The van der Waals surface area contributed by atoms with Crippen molar-refractivity contribution in [3.8, 4) is 0 Å². The number of aromatic carboxylic acids is 1. The number of nitro benzene ring substituents is 1. The third-order valence-electron chi connectivity index (χ3n) is 2.81. The second kappa shape index (κ2) is 5.00. The Morgan fingerprint density at radius 2 is 2.20 bits per heavy atom. The summed E-state index contributed by atoms with van der Waals surface area (Å²) in [5.41, 5.74) is 0.964. The number of benzene rings is 1. The Labute approximate surface area is 113 Å². The smallest absolute Gasteiger partial charge is 0.336 e. The largest absolute Gasteiger partial charge is 0.478 e. The number of carboxylic acids is 1. The average Bonchev–Trinajstić information content (AvgIpc) is 2.76. The third-order valence-corrected chi connectivity index (χ3v) is 2.81. The molecular weight excluding hydrogens is 264 g/mol. The highest BCUT2D eigenvalue weighted by molar-refractivity contribution is 5.91. The molecule has 0 aliphatic heterocycles. The van der Waals surface area contributed by atoms with Crippen molar-refractivity contribution in [3.63, 3.8) is 0 Å². The fourth-order valence-corrected chi connectivity index (χ4v) is 1.78. The van der Waals surface area contributed by atoms with Gasteiger partial charge in [0.05, 0.1) is 27.9 Å². The molecule has 0 atom stereocenters. The Morgan fingerprint density at radius 3 is 2.70 bits per heavy atom. The molecule has 2 aromatic rings. The number of aromatic nitrogens is 2. The molecule has 20 heavy (non-hydrogen) atoms. The lowest BCUT2D eigenvalue weighted by Gasteiger charge is -2.09. The van der Waals surface area contributed by atoms with Gasteiger partial charge in [-0.05, 0) is 13.0 Å². The lowest BCUT2D eigenvalue weighted by Crippen LogP contribution is -2.03. The fraction of sp³-hybridized carbons (Fsp3) is 0.167. The first-order chi connectivity index (χ1) is 9.38. The van der Waals surface area contributed by atoms with E-state index >= 15 is 0 Å². The van der Waals surface area contributed by atoms with Crippen molar-refractivity contribution >= 4 is 23.0 Å². The minimum Gasteiger partial charge on any atom is -0.478 e. The first-order valence-electron chi connectivity index (χ1n) is 5.66. The van der Waals surface area contributed by atoms with Crippen LogP contribution in [0.5, 0.6) is 0 Å². The average molecular weight is 276 g/mol. The molecule has 0 radical (unpaired) electrons. The molecule has 0 fully saturated rings. The van der Waals surface area contributed by atoms with Crippen LogP contribution < -0.4 is 5.32 Å². The molecule has 1 aromatic heterocycles. The predicted molar refractivity (Wildman–Crippen MR) is 71.3 cm³/mol. The Hall–Kier alpha value is -2.90. The summed E-state index contributed by atoms with van der Waals surface area (Å²) in [7, 11) is 1.73. The van der Waals surface area contributed by atoms with E-state index in [4.69, 9.17) is 5.11 Å². The molecule has 104 valence electrons. The molecule has 0 unspecified atom stereocenters. The van der Waals surface area contributed by atoms with Crippen molar-refractivity contribution in [1.82, 2.24) is 9.78 Å². The lowest BCUT2D eigenvalue weighted by molar-refractivity contribution is -0.385. The number of nitro groups is 1. The third kappa shape index (κ3) is 2.58. The van der Waals surface area contributed by atoms with Gasteiger partial charge in [0.15, 0.2) is 0 Å². The molecule has 8 nitrogen and oxygen atoms in total. The number of nitrogens with one attached hydrogen (secondary N) is 1. The maximum Gasteiger partial charge on any atom is 0.336 e. The standard InChI is InChI=1S/C12H12N4O4/c1-7-10(14-9-5-13-15(2)6-9)3-8(12(17)18)4-11(7)16(19)20/h3-6,14H,1-2H3,(H,17,18). The molecule has 0 aliphatic rings. The molecule has 0 saturated heterocycles. The number of anilines is 2. The first kappa shape index (κ1) is 13.5. The number of hydrogen-bond donors (Lipinski definition) is 2. The van der Waals surface area contributed by atoms with Crippen molar-refractivity contribution in [2.75, 3.05) is 5.32 Å². The van der Waals surface area contributed by atoms with E-state index < -0.39 is 10.9 Å². The van der Waals surface area contributed by atoms with Crippen molar-refractivity contribution in [2.24, 2.45) is 7.05 Å². The van der Waals surface area contributed by atoms with Gasteiger partial charge in [0.2, 0.25) is 0 Å². The van der Waals surface area contributed by atoms with Gasteiger partial charge < -0.3 is 10.4 Å². The van der Waals surface area contributed by atoms with E-state index in [-0.39, 0.29) is 11.3 Å². The number of nitrogens with zero attached hydrogens (tertiary/aromatic N) is 3. The highest BCUT2D eigenvalue weighted by atomic mass is 16.6. The van der Waals surface area contributed by atoms with Gasteiger partial charge in [0, 0.05) is 25.0 Å². The summed E-state index contributed by atoms with van der Waals surface area (Å²) in [6.45, 7) is 1.56. The lowest BCUT2D eigenvalue weighted by atomic mass is 10.1. The van der Waals surface area contributed by atoms with Crippen LogP contribution in [0.4, 0.5) is 17.1 Å². The molecule has 0 amide bonds. The van der Waals surface area contributed by atoms with Crippen molar-refractivity contribution in [2.45, 2.75) is 6.92 Å². The van der Waals surface area contributed by atoms with Crippen molar-refractivity contribution < 1.29 is 14.8 Å². The molecule has 0 aliphatic carbocycles. The monoisotopic (exact) mass is 276 g/mol. The van der Waals surface area contributed by atoms with Crippen LogP contribution in [0.2, 0.25) is 0 Å². The molecule has 0 bridgehead atoms. The zero-order valence-electron chi connectivity index (χ0n) is 10.8. The van der Waals surface area contributed by atoms with Gasteiger partial charge in [0.25, 0.3) is 5.69 Å². The molecule has 8 heteroatoms. The van der Waals surface area contributed by atoms with E-state index in [0.717, 1.165) is 6.07 Å². The Kier molecular flexibility index (Phi) is 3.38. The van der Waals surface area contributed by atoms with E-state index in [1.54, 1.807) is 31.0 Å². The zero-order valence-corrected chi connectivity index (χ0v) is 10.8. The first-order valence-corrected chi connectivity index (χ1v) is 5.66. The van der Waals surface area contributed by atoms with Gasteiger partial charge in [-0.3, -0.25) is 14.8 Å². The fourth-order valence-electron chi connectivity index (χ4n) is 1.78. The SMILES string of the molecule is Cc1c(Nc2cnn(C)c2)cc(C(=O)O)cc1[N+](=O)[O-]. The molecule has 1 aromatic carbocycles. The van der Waals surface area contributed by atoms with Gasteiger partial charge in [0.1, 0.15) is 0 Å². The topological polar surface area (TPSA) is 110 Å². The molecule has 2 rings (SSSR count). The summed E-state index contributed by atoms with van der Waals surface area (Å²) < 4.78 is 1.56. The molecule has 0 spiro atoms. The Morgan fingerprint density at radius 1 is 1.50 bits per heavy atom. The molecule has 2 N–H and O–H groups in total. The molecule has 1 heterocycles. The van der Waals surface area contributed by atoms with E-state index in [1.807, 2.05) is 0 Å². The molecule has 0 saturated carbocycles. The highest BCUT2D eigenvalue weighted by Crippen LogP contribution is 2.29. The maximum absolute atomic E-state index is 11.0. The van der Waals surface area contributed by atoms with Gasteiger partial charge in [-0.1, -0.05) is 0 Å². The van der Waals surface area contributed by atoms with E-state index in [0.29, 0.717) is 16.9 Å². The minimum absolute atomic E-state index is 0.145. The van der Waals surface area contributed by atoms with Crippen LogP contribution in [-0.4, -0.2) is 25.8 Å². The van der Waals surface area contributed by atoms with Crippen LogP contribution in [0.3, 0.4) is 0 Å². The van der Waals surface area contributed by atoms with E-state index in [2.05, 4.69) is 10.4 Å². The van der Waals surface area contributed by atoms with Crippen LogP contribution in [0.1, 0.15) is 15.9 Å². The van der Waals surface area contributed by atoms with Crippen LogP contribution >= 0.6 is 0 Å². The predicted octanol–water partition coefficient (Wildman–Crippen LogP) is 2.08. The Balaban J connectivity index is 2.50. The summed E-state index contributed by atoms with van der Waals surface area (Å²) in [6, 6.07) is 2.41. The van der Waals surface area contributed by atoms with Gasteiger partial charge in [-0.25, -0.2) is 4.79 Å². The van der Waals surface area contributed by atoms with Gasteiger partial charge in [-0.2, -0.15) is 5.10 Å². The second-order valence-corrected chi connectivity index (χ2v) is 4.26. The molecular formula is C12H12N4O4. The number of hydrogen-bond acceptors (Lipinski definition) is 5. The van der Waals surface area contributed by atoms with Crippen LogP contribution in [0, 0.1) is 17.0 Å². The van der Waals surface area contributed by atoms with Gasteiger partial charge >= 0.3 is 5.97 Å². The highest BCUT2D eigenvalue weighted by Gasteiger charge is 2.19. The summed E-state index contributed by atoms with van der Waals surface area (Å²) >= 11 is 0. The van der Waals surface area contributed by atoms with E-state index in [9.17, 15) is 14.9 Å². The van der Waals surface area contributed by atoms with Crippen molar-refractivity contribution in [3.05, 3.63) is 45.8 Å². The van der Waals surface area contributed by atoms with Crippen LogP contribution in [-0.2, 0) is 7.05 Å². The normalized spacial score (nSPS) is 10.3. The number of carbonyl (C=O) groups is 1. The van der Waals surface area contributed by atoms with Crippen LogP contribution in [0.15, 0.2) is 24.5 Å². The van der Waals surface area contributed by atoms with Crippen molar-refractivity contribution in [1.29, 1.82) is 0 Å². The summed E-state index contributed by atoms with van der Waals surface area (Å²) in [5, 5.41) is 26.9. The number of carboxylic acid groups (broad SMARTS) is 1. The zero-order chi connectivity index (χ0) is 14.9. The summed E-state index contributed by atoms with van der Waals surface area (Å²) in [5.74, 6) is -1.22. The van der Waals surface area contributed by atoms with Crippen LogP contribution in [0.25, 0.3) is 0 Å². The maximum atomic E-state index is 11.0. The Bertz CT molecular complexity index is 693. The number of aryl methyl sites for hydroxylation is 1. The summed E-state index contributed by atoms with van der Waals surface area (Å²) in [6.07, 6.45) is 3.22. The summed E-state index contributed by atoms with van der Waals surface area (Å²) in [4.78, 5) is 21.4. The quantitative estimate of drug-likeness (QED) is 0.653. The van der Waals surface area contributed by atoms with E-state index in [1.165, 1.54) is 6.07 Å². The van der Waals surface area contributed by atoms with Gasteiger partial charge in [-0.15, -0.1) is 0 Å². The number of rotatable bonds is 4.